The summed E-state index contributed by atoms with van der Waals surface area (Å²) < 4.78 is 44.2. The Kier molecular flexibility index (Phi) is 7.33. The molecule has 0 radical (unpaired) electrons. The summed E-state index contributed by atoms with van der Waals surface area (Å²) in [6.07, 6.45) is -3.07. The van der Waals surface area contributed by atoms with Crippen LogP contribution in [0.1, 0.15) is 17.0 Å². The number of anilines is 2. The summed E-state index contributed by atoms with van der Waals surface area (Å²) in [5.41, 5.74) is 2.37. The van der Waals surface area contributed by atoms with Crippen LogP contribution in [0.4, 0.5) is 24.0 Å². The van der Waals surface area contributed by atoms with Crippen molar-refractivity contribution in [2.75, 3.05) is 5.32 Å². The van der Waals surface area contributed by atoms with Crippen molar-refractivity contribution in [3.05, 3.63) is 89.1 Å². The van der Waals surface area contributed by atoms with Crippen LogP contribution in [0, 0.1) is 0 Å². The van der Waals surface area contributed by atoms with Crippen molar-refractivity contribution in [3.8, 4) is 0 Å². The number of amides is 1. The summed E-state index contributed by atoms with van der Waals surface area (Å²) in [5.74, 6) is 0.0950. The van der Waals surface area contributed by atoms with Gasteiger partial charge in [0.1, 0.15) is 5.76 Å². The van der Waals surface area contributed by atoms with Gasteiger partial charge in [0.25, 0.3) is 0 Å². The van der Waals surface area contributed by atoms with E-state index in [9.17, 15) is 18.0 Å². The van der Waals surface area contributed by atoms with Crippen molar-refractivity contribution in [3.63, 3.8) is 0 Å². The van der Waals surface area contributed by atoms with Gasteiger partial charge < -0.3 is 9.73 Å². The lowest BCUT2D eigenvalue weighted by Gasteiger charge is -2.08. The van der Waals surface area contributed by atoms with Gasteiger partial charge in [0, 0.05) is 16.0 Å². The fourth-order valence-electron chi connectivity index (χ4n) is 2.78. The SMILES string of the molecule is O=C(Cc1csc(Nc2cccc(C(F)(F)F)c2)n1)N/N=C\c1ccc(Sc2ccccc2)o1. The number of alkyl halides is 3. The van der Waals surface area contributed by atoms with E-state index in [2.05, 4.69) is 20.8 Å². The van der Waals surface area contributed by atoms with Gasteiger partial charge in [-0.1, -0.05) is 36.0 Å². The highest BCUT2D eigenvalue weighted by molar-refractivity contribution is 7.99. The van der Waals surface area contributed by atoms with Gasteiger partial charge in [-0.3, -0.25) is 4.79 Å². The number of hydrogen-bond donors (Lipinski definition) is 2. The van der Waals surface area contributed by atoms with Crippen LogP contribution in [0.5, 0.6) is 0 Å². The molecule has 0 fully saturated rings. The van der Waals surface area contributed by atoms with Gasteiger partial charge >= 0.3 is 6.18 Å². The minimum absolute atomic E-state index is 0.0363. The van der Waals surface area contributed by atoms with Crippen LogP contribution in [-0.4, -0.2) is 17.1 Å². The fourth-order valence-corrected chi connectivity index (χ4v) is 4.31. The number of halogens is 3. The number of hydrazone groups is 1. The zero-order valence-electron chi connectivity index (χ0n) is 17.4. The monoisotopic (exact) mass is 502 g/mol. The molecule has 1 amide bonds. The summed E-state index contributed by atoms with van der Waals surface area (Å²) in [5, 5.41) is 9.44. The average Bonchev–Trinajstić information content (AvgIpc) is 3.43. The highest BCUT2D eigenvalue weighted by atomic mass is 32.2. The molecule has 2 aromatic heterocycles. The molecule has 0 bridgehead atoms. The Morgan fingerprint density at radius 3 is 2.74 bits per heavy atom. The summed E-state index contributed by atoms with van der Waals surface area (Å²) in [4.78, 5) is 17.4. The first-order valence-electron chi connectivity index (χ1n) is 9.88. The molecule has 2 heterocycles. The second-order valence-electron chi connectivity index (χ2n) is 6.89. The third kappa shape index (κ3) is 6.72. The third-order valence-electron chi connectivity index (χ3n) is 4.28. The van der Waals surface area contributed by atoms with Gasteiger partial charge in [-0.05, 0) is 42.5 Å². The quantitative estimate of drug-likeness (QED) is 0.217. The van der Waals surface area contributed by atoms with Gasteiger partial charge in [-0.25, -0.2) is 10.4 Å². The van der Waals surface area contributed by atoms with Crippen molar-refractivity contribution in [1.82, 2.24) is 10.4 Å². The number of aromatic nitrogens is 1. The molecule has 0 spiro atoms. The minimum atomic E-state index is -4.43. The number of carbonyl (C=O) groups is 1. The average molecular weight is 503 g/mol. The Labute approximate surface area is 200 Å². The number of carbonyl (C=O) groups excluding carboxylic acids is 1. The molecule has 0 saturated heterocycles. The molecular formula is C23H17F3N4O2S2. The lowest BCUT2D eigenvalue weighted by atomic mass is 10.2. The van der Waals surface area contributed by atoms with Crippen molar-refractivity contribution in [2.24, 2.45) is 5.10 Å². The van der Waals surface area contributed by atoms with Crippen LogP contribution >= 0.6 is 23.1 Å². The van der Waals surface area contributed by atoms with Crippen LogP contribution in [0.15, 0.2) is 91.6 Å². The second kappa shape index (κ2) is 10.6. The standard InChI is InChI=1S/C23H17F3N4O2S2/c24-23(25,26)15-5-4-6-16(11-15)28-22-29-17(14-33-22)12-20(31)30-27-13-18-9-10-21(32-18)34-19-7-2-1-3-8-19/h1-11,13-14H,12H2,(H,28,29)(H,30,31)/b27-13-. The number of nitrogens with one attached hydrogen (secondary N) is 2. The second-order valence-corrected chi connectivity index (χ2v) is 8.83. The number of rotatable bonds is 8. The molecule has 0 atom stereocenters. The number of thiazole rings is 1. The first-order valence-corrected chi connectivity index (χ1v) is 11.6. The molecule has 34 heavy (non-hydrogen) atoms. The van der Waals surface area contributed by atoms with Crippen molar-refractivity contribution in [1.29, 1.82) is 0 Å². The Bertz CT molecular complexity index is 1290. The molecule has 0 aliphatic rings. The predicted octanol–water partition coefficient (Wildman–Crippen LogP) is 6.34. The molecule has 0 aliphatic heterocycles. The number of furan rings is 1. The smallest absolute Gasteiger partial charge is 0.416 e. The third-order valence-corrected chi connectivity index (χ3v) is 6.01. The normalized spacial score (nSPS) is 11.6. The van der Waals surface area contributed by atoms with E-state index in [4.69, 9.17) is 4.42 Å². The van der Waals surface area contributed by atoms with Crippen LogP contribution in [0.2, 0.25) is 0 Å². The molecule has 2 aromatic carbocycles. The summed E-state index contributed by atoms with van der Waals surface area (Å²) >= 11 is 2.65. The molecule has 0 saturated carbocycles. The van der Waals surface area contributed by atoms with E-state index in [1.807, 2.05) is 36.4 Å². The summed E-state index contributed by atoms with van der Waals surface area (Å²) in [6, 6.07) is 18.1. The van der Waals surface area contributed by atoms with E-state index in [0.29, 0.717) is 21.7 Å². The number of benzene rings is 2. The summed E-state index contributed by atoms with van der Waals surface area (Å²) in [7, 11) is 0. The Balaban J connectivity index is 1.27. The zero-order chi connectivity index (χ0) is 24.0. The zero-order valence-corrected chi connectivity index (χ0v) is 19.0. The minimum Gasteiger partial charge on any atom is -0.448 e. The van der Waals surface area contributed by atoms with E-state index in [0.717, 1.165) is 17.0 Å². The van der Waals surface area contributed by atoms with Gasteiger partial charge in [0.2, 0.25) is 5.91 Å². The lowest BCUT2D eigenvalue weighted by Crippen LogP contribution is -2.19. The van der Waals surface area contributed by atoms with Crippen molar-refractivity contribution >= 4 is 46.0 Å². The van der Waals surface area contributed by atoms with Gasteiger partial charge in [-0.2, -0.15) is 18.3 Å². The van der Waals surface area contributed by atoms with E-state index in [-0.39, 0.29) is 12.1 Å². The van der Waals surface area contributed by atoms with Crippen LogP contribution in [0.3, 0.4) is 0 Å². The lowest BCUT2D eigenvalue weighted by molar-refractivity contribution is -0.137. The van der Waals surface area contributed by atoms with Crippen molar-refractivity contribution < 1.29 is 22.4 Å². The molecule has 0 unspecified atom stereocenters. The van der Waals surface area contributed by atoms with E-state index in [1.54, 1.807) is 11.4 Å². The molecule has 4 rings (SSSR count). The van der Waals surface area contributed by atoms with Crippen molar-refractivity contribution in [2.45, 2.75) is 22.6 Å². The molecule has 0 aliphatic carbocycles. The maximum atomic E-state index is 12.9. The van der Waals surface area contributed by atoms with Gasteiger partial charge in [0.15, 0.2) is 10.2 Å². The fraction of sp³-hybridized carbons (Fsp3) is 0.0870. The molecule has 2 N–H and O–H groups in total. The van der Waals surface area contributed by atoms with Crippen LogP contribution < -0.4 is 10.7 Å². The molecule has 4 aromatic rings. The van der Waals surface area contributed by atoms with E-state index >= 15 is 0 Å². The number of hydrogen-bond acceptors (Lipinski definition) is 7. The molecule has 6 nitrogen and oxygen atoms in total. The first kappa shape index (κ1) is 23.6. The Hall–Kier alpha value is -3.57. The number of nitrogens with zero attached hydrogens (tertiary/aromatic N) is 2. The van der Waals surface area contributed by atoms with E-state index in [1.165, 1.54) is 41.4 Å². The van der Waals surface area contributed by atoms with E-state index < -0.39 is 17.6 Å². The van der Waals surface area contributed by atoms with Gasteiger partial charge in [0.05, 0.1) is 23.9 Å². The molecule has 11 heteroatoms. The largest absolute Gasteiger partial charge is 0.448 e. The maximum absolute atomic E-state index is 12.9. The Morgan fingerprint density at radius 1 is 1.12 bits per heavy atom. The van der Waals surface area contributed by atoms with Gasteiger partial charge in [-0.15, -0.1) is 11.3 Å². The Morgan fingerprint density at radius 2 is 1.94 bits per heavy atom. The predicted molar refractivity (Wildman–Crippen MR) is 126 cm³/mol. The van der Waals surface area contributed by atoms with Crippen LogP contribution in [0.25, 0.3) is 0 Å². The molecular weight excluding hydrogens is 485 g/mol. The highest BCUT2D eigenvalue weighted by Gasteiger charge is 2.30. The topological polar surface area (TPSA) is 79.5 Å². The summed E-state index contributed by atoms with van der Waals surface area (Å²) in [6.45, 7) is 0. The van der Waals surface area contributed by atoms with Crippen LogP contribution in [-0.2, 0) is 17.4 Å². The molecule has 174 valence electrons. The maximum Gasteiger partial charge on any atom is 0.416 e. The highest BCUT2D eigenvalue weighted by Crippen LogP contribution is 2.32. The first-order chi connectivity index (χ1) is 16.3.